The number of piperidine rings is 3. The standard InChI is InChI=1S/C21H25NO/c23-21(19-9-5-2-6-10-19,15-17-7-3-1-4-8-17)20-16-22-13-11-18(20)12-14-22/h1-10,18,20,23H,11-16H2/p+1/t20-,21-/m1/s1. The van der Waals surface area contributed by atoms with Gasteiger partial charge in [0, 0.05) is 25.2 Å². The molecule has 0 unspecified atom stereocenters. The zero-order valence-electron chi connectivity index (χ0n) is 13.6. The predicted molar refractivity (Wildman–Crippen MR) is 92.3 cm³/mol. The Hall–Kier alpha value is -1.64. The molecule has 3 aliphatic rings. The third-order valence-electron chi connectivity index (χ3n) is 6.02. The first-order chi connectivity index (χ1) is 11.3. The SMILES string of the molecule is O[C@](Cc1ccccc1)(c1ccccc1)[C@@H]1C[NH+]2CCC1CC2. The maximum Gasteiger partial charge on any atom is 0.102 e. The fourth-order valence-corrected chi connectivity index (χ4v) is 4.77. The minimum absolute atomic E-state index is 0.364. The van der Waals surface area contributed by atoms with E-state index in [2.05, 4.69) is 48.5 Å². The fraction of sp³-hybridized carbons (Fsp3) is 0.429. The summed E-state index contributed by atoms with van der Waals surface area (Å²) < 4.78 is 0. The number of nitrogens with one attached hydrogen (secondary N) is 1. The van der Waals surface area contributed by atoms with E-state index in [1.807, 2.05) is 12.1 Å². The Morgan fingerprint density at radius 2 is 1.52 bits per heavy atom. The van der Waals surface area contributed by atoms with Gasteiger partial charge in [0.05, 0.1) is 19.6 Å². The number of fused-ring (bicyclic) bond motifs is 3. The number of rotatable bonds is 4. The summed E-state index contributed by atoms with van der Waals surface area (Å²) in [5.41, 5.74) is 1.56. The molecule has 0 aliphatic carbocycles. The Kier molecular flexibility index (Phi) is 3.96. The van der Waals surface area contributed by atoms with E-state index in [0.29, 0.717) is 18.3 Å². The molecule has 23 heavy (non-hydrogen) atoms. The van der Waals surface area contributed by atoms with Crippen LogP contribution in [0.2, 0.25) is 0 Å². The molecular formula is C21H26NO+. The second-order valence-electron chi connectivity index (χ2n) is 7.35. The lowest BCUT2D eigenvalue weighted by Crippen LogP contribution is -3.16. The number of benzene rings is 2. The molecule has 3 saturated heterocycles. The van der Waals surface area contributed by atoms with Gasteiger partial charge in [-0.05, 0) is 17.0 Å². The van der Waals surface area contributed by atoms with Crippen molar-refractivity contribution in [2.75, 3.05) is 19.6 Å². The summed E-state index contributed by atoms with van der Waals surface area (Å²) in [7, 11) is 0. The molecule has 2 atom stereocenters. The zero-order valence-corrected chi connectivity index (χ0v) is 13.6. The first kappa shape index (κ1) is 14.9. The first-order valence-electron chi connectivity index (χ1n) is 8.91. The third kappa shape index (κ3) is 2.82. The highest BCUT2D eigenvalue weighted by Gasteiger charge is 2.49. The second kappa shape index (κ2) is 6.10. The van der Waals surface area contributed by atoms with Gasteiger partial charge < -0.3 is 10.0 Å². The molecule has 0 amide bonds. The molecule has 2 aromatic rings. The van der Waals surface area contributed by atoms with Crippen LogP contribution in [-0.2, 0) is 12.0 Å². The molecular weight excluding hydrogens is 282 g/mol. The Bertz CT molecular complexity index is 633. The molecule has 2 N–H and O–H groups in total. The summed E-state index contributed by atoms with van der Waals surface area (Å²) in [5, 5.41) is 11.9. The summed E-state index contributed by atoms with van der Waals surface area (Å²) in [4.78, 5) is 1.68. The minimum atomic E-state index is -0.751. The van der Waals surface area contributed by atoms with E-state index in [-0.39, 0.29) is 0 Å². The van der Waals surface area contributed by atoms with Gasteiger partial charge >= 0.3 is 0 Å². The summed E-state index contributed by atoms with van der Waals surface area (Å²) in [6, 6.07) is 20.8. The Balaban J connectivity index is 1.72. The topological polar surface area (TPSA) is 24.7 Å². The molecule has 2 nitrogen and oxygen atoms in total. The van der Waals surface area contributed by atoms with Crippen molar-refractivity contribution < 1.29 is 10.0 Å². The molecule has 2 aromatic carbocycles. The van der Waals surface area contributed by atoms with Crippen molar-refractivity contribution in [2.45, 2.75) is 24.9 Å². The van der Waals surface area contributed by atoms with Crippen molar-refractivity contribution in [2.24, 2.45) is 11.8 Å². The monoisotopic (exact) mass is 308 g/mol. The molecule has 0 saturated carbocycles. The largest absolute Gasteiger partial charge is 0.384 e. The van der Waals surface area contributed by atoms with Crippen LogP contribution in [0.3, 0.4) is 0 Å². The summed E-state index contributed by atoms with van der Waals surface area (Å²) in [5.74, 6) is 1.03. The van der Waals surface area contributed by atoms with Crippen LogP contribution in [0.5, 0.6) is 0 Å². The molecule has 3 fully saturated rings. The maximum absolute atomic E-state index is 11.9. The third-order valence-corrected chi connectivity index (χ3v) is 6.02. The Morgan fingerprint density at radius 3 is 2.09 bits per heavy atom. The smallest absolute Gasteiger partial charge is 0.102 e. The molecule has 5 rings (SSSR count). The van der Waals surface area contributed by atoms with Crippen LogP contribution in [0.1, 0.15) is 24.0 Å². The van der Waals surface area contributed by atoms with Crippen molar-refractivity contribution in [3.05, 3.63) is 71.8 Å². The Morgan fingerprint density at radius 1 is 0.913 bits per heavy atom. The quantitative estimate of drug-likeness (QED) is 0.888. The average Bonchev–Trinajstić information content (AvgIpc) is 2.64. The van der Waals surface area contributed by atoms with Crippen molar-refractivity contribution in [3.8, 4) is 0 Å². The predicted octanol–water partition coefficient (Wildman–Crippen LogP) is 2.04. The highest BCUT2D eigenvalue weighted by atomic mass is 16.3. The van der Waals surface area contributed by atoms with Crippen LogP contribution >= 0.6 is 0 Å². The summed E-state index contributed by atoms with van der Waals surface area (Å²) >= 11 is 0. The van der Waals surface area contributed by atoms with Gasteiger partial charge in [-0.2, -0.15) is 0 Å². The van der Waals surface area contributed by atoms with Crippen molar-refractivity contribution in [1.82, 2.24) is 0 Å². The molecule has 2 bridgehead atoms. The van der Waals surface area contributed by atoms with E-state index in [4.69, 9.17) is 0 Å². The molecule has 3 heterocycles. The van der Waals surface area contributed by atoms with Crippen LogP contribution in [0.4, 0.5) is 0 Å². The number of hydrogen-bond acceptors (Lipinski definition) is 1. The molecule has 2 heteroatoms. The highest BCUT2D eigenvalue weighted by molar-refractivity contribution is 5.28. The van der Waals surface area contributed by atoms with E-state index in [1.54, 1.807) is 4.90 Å². The number of aliphatic hydroxyl groups is 1. The molecule has 0 radical (unpaired) electrons. The van der Waals surface area contributed by atoms with Crippen LogP contribution in [-0.4, -0.2) is 24.7 Å². The van der Waals surface area contributed by atoms with Crippen LogP contribution in [0.25, 0.3) is 0 Å². The number of quaternary nitrogens is 1. The van der Waals surface area contributed by atoms with Gasteiger partial charge in [-0.1, -0.05) is 60.7 Å². The van der Waals surface area contributed by atoms with E-state index >= 15 is 0 Å². The van der Waals surface area contributed by atoms with Crippen LogP contribution in [0.15, 0.2) is 60.7 Å². The van der Waals surface area contributed by atoms with Gasteiger partial charge in [0.1, 0.15) is 5.60 Å². The van der Waals surface area contributed by atoms with E-state index < -0.39 is 5.60 Å². The van der Waals surface area contributed by atoms with Gasteiger partial charge in [-0.25, -0.2) is 0 Å². The lowest BCUT2D eigenvalue weighted by atomic mass is 9.66. The van der Waals surface area contributed by atoms with Crippen LogP contribution in [0, 0.1) is 11.8 Å². The van der Waals surface area contributed by atoms with Gasteiger partial charge in [-0.3, -0.25) is 0 Å². The van der Waals surface area contributed by atoms with E-state index in [0.717, 1.165) is 12.1 Å². The van der Waals surface area contributed by atoms with Crippen molar-refractivity contribution >= 4 is 0 Å². The van der Waals surface area contributed by atoms with Gasteiger partial charge in [0.15, 0.2) is 0 Å². The molecule has 120 valence electrons. The summed E-state index contributed by atoms with van der Waals surface area (Å²) in [6.07, 6.45) is 3.25. The number of hydrogen-bond donors (Lipinski definition) is 2. The minimum Gasteiger partial charge on any atom is -0.384 e. The average molecular weight is 308 g/mol. The van der Waals surface area contributed by atoms with Crippen molar-refractivity contribution in [3.63, 3.8) is 0 Å². The second-order valence-corrected chi connectivity index (χ2v) is 7.35. The van der Waals surface area contributed by atoms with Gasteiger partial charge in [0.2, 0.25) is 0 Å². The highest BCUT2D eigenvalue weighted by Crippen LogP contribution is 2.41. The summed E-state index contributed by atoms with van der Waals surface area (Å²) in [6.45, 7) is 3.69. The van der Waals surface area contributed by atoms with E-state index in [9.17, 15) is 5.11 Å². The molecule has 3 aliphatic heterocycles. The maximum atomic E-state index is 11.9. The fourth-order valence-electron chi connectivity index (χ4n) is 4.77. The molecule has 0 aromatic heterocycles. The zero-order chi connectivity index (χ0) is 15.7. The lowest BCUT2D eigenvalue weighted by molar-refractivity contribution is -0.922. The lowest BCUT2D eigenvalue weighted by Gasteiger charge is -2.49. The normalized spacial score (nSPS) is 29.2. The first-order valence-corrected chi connectivity index (χ1v) is 8.91. The van der Waals surface area contributed by atoms with Crippen LogP contribution < -0.4 is 4.90 Å². The van der Waals surface area contributed by atoms with Gasteiger partial charge in [-0.15, -0.1) is 0 Å². The van der Waals surface area contributed by atoms with Gasteiger partial charge in [0.25, 0.3) is 0 Å². The van der Waals surface area contributed by atoms with Crippen molar-refractivity contribution in [1.29, 1.82) is 0 Å². The Labute approximate surface area is 138 Å². The molecule has 0 spiro atoms. The van der Waals surface area contributed by atoms with E-state index in [1.165, 1.54) is 31.5 Å².